The van der Waals surface area contributed by atoms with Crippen molar-refractivity contribution in [2.75, 3.05) is 25.1 Å². The first-order valence-electron chi connectivity index (χ1n) is 10.1. The first kappa shape index (κ1) is 19.6. The van der Waals surface area contributed by atoms with Crippen molar-refractivity contribution in [3.63, 3.8) is 0 Å². The van der Waals surface area contributed by atoms with E-state index in [0.717, 1.165) is 53.2 Å². The number of hydrogen-bond donors (Lipinski definition) is 1. The van der Waals surface area contributed by atoms with E-state index in [9.17, 15) is 4.79 Å². The number of ether oxygens (including phenoxy) is 1. The summed E-state index contributed by atoms with van der Waals surface area (Å²) in [6, 6.07) is 9.99. The molecule has 1 aromatic carbocycles. The number of carbonyl (C=O) groups excluding carboxylic acids is 1. The molecule has 1 fully saturated rings. The molecule has 0 radical (unpaired) electrons. The maximum atomic E-state index is 12.8. The van der Waals surface area contributed by atoms with Crippen LogP contribution in [0, 0.1) is 5.92 Å². The van der Waals surface area contributed by atoms with Crippen LogP contribution in [0.1, 0.15) is 30.2 Å². The number of methoxy groups -OCH3 is 1. The number of carbonyl (C=O) groups is 1. The number of nitrogens with zero attached hydrogens (tertiary/aromatic N) is 3. The molecule has 1 aliphatic heterocycles. The standard InChI is InChI=1S/C22H26N4O2S/c1-3-18-11-19-20(24-14-25-22(19)29-18)26-9-5-7-16(13-26)21(27)23-12-15-6-4-8-17(10-15)28-2/h4,6,8,10-11,14,16H,3,5,7,9,12-13H2,1-2H3,(H,23,27). The highest BCUT2D eigenvalue weighted by atomic mass is 32.1. The van der Waals surface area contributed by atoms with E-state index in [1.807, 2.05) is 24.3 Å². The van der Waals surface area contributed by atoms with E-state index in [-0.39, 0.29) is 11.8 Å². The normalized spacial score (nSPS) is 16.8. The zero-order valence-electron chi connectivity index (χ0n) is 16.9. The van der Waals surface area contributed by atoms with Crippen LogP contribution >= 0.6 is 11.3 Å². The number of piperidine rings is 1. The molecule has 3 aromatic rings. The minimum Gasteiger partial charge on any atom is -0.497 e. The van der Waals surface area contributed by atoms with Crippen LogP contribution in [0.4, 0.5) is 5.82 Å². The quantitative estimate of drug-likeness (QED) is 0.670. The van der Waals surface area contributed by atoms with Gasteiger partial charge in [-0.2, -0.15) is 0 Å². The van der Waals surface area contributed by atoms with E-state index in [4.69, 9.17) is 4.74 Å². The highest BCUT2D eigenvalue weighted by Crippen LogP contribution is 2.32. The lowest BCUT2D eigenvalue weighted by molar-refractivity contribution is -0.125. The first-order chi connectivity index (χ1) is 14.2. The predicted octanol–water partition coefficient (Wildman–Crippen LogP) is 3.80. The number of anilines is 1. The molecular weight excluding hydrogens is 384 g/mol. The van der Waals surface area contributed by atoms with Gasteiger partial charge in [-0.25, -0.2) is 9.97 Å². The number of aryl methyl sites for hydroxylation is 1. The van der Waals surface area contributed by atoms with Crippen molar-refractivity contribution >= 4 is 33.3 Å². The Morgan fingerprint density at radius 1 is 1.34 bits per heavy atom. The molecule has 7 heteroatoms. The van der Waals surface area contributed by atoms with Crippen LogP contribution in [0.5, 0.6) is 5.75 Å². The molecule has 152 valence electrons. The number of nitrogens with one attached hydrogen (secondary N) is 1. The fraction of sp³-hybridized carbons (Fsp3) is 0.409. The molecule has 0 saturated carbocycles. The number of rotatable bonds is 6. The van der Waals surface area contributed by atoms with Crippen molar-refractivity contribution in [1.29, 1.82) is 0 Å². The van der Waals surface area contributed by atoms with Gasteiger partial charge in [0, 0.05) is 24.5 Å². The molecule has 2 aromatic heterocycles. The van der Waals surface area contributed by atoms with Gasteiger partial charge in [0.05, 0.1) is 18.4 Å². The number of fused-ring (bicyclic) bond motifs is 1. The molecule has 1 aliphatic rings. The number of hydrogen-bond acceptors (Lipinski definition) is 6. The molecule has 1 saturated heterocycles. The van der Waals surface area contributed by atoms with Gasteiger partial charge in [0.15, 0.2) is 0 Å². The minimum absolute atomic E-state index is 0.0383. The molecule has 6 nitrogen and oxygen atoms in total. The summed E-state index contributed by atoms with van der Waals surface area (Å²) in [5, 5.41) is 4.19. The van der Waals surface area contributed by atoms with E-state index < -0.39 is 0 Å². The highest BCUT2D eigenvalue weighted by molar-refractivity contribution is 7.18. The van der Waals surface area contributed by atoms with Gasteiger partial charge in [-0.05, 0) is 43.0 Å². The molecule has 0 aliphatic carbocycles. The molecule has 1 unspecified atom stereocenters. The van der Waals surface area contributed by atoms with Crippen molar-refractivity contribution < 1.29 is 9.53 Å². The fourth-order valence-electron chi connectivity index (χ4n) is 3.82. The Morgan fingerprint density at radius 3 is 3.07 bits per heavy atom. The molecule has 1 atom stereocenters. The second kappa shape index (κ2) is 8.78. The third-order valence-electron chi connectivity index (χ3n) is 5.40. The monoisotopic (exact) mass is 410 g/mol. The number of aromatic nitrogens is 2. The van der Waals surface area contributed by atoms with E-state index in [2.05, 4.69) is 33.2 Å². The van der Waals surface area contributed by atoms with Gasteiger partial charge in [0.1, 0.15) is 22.7 Å². The van der Waals surface area contributed by atoms with Crippen LogP contribution in [-0.4, -0.2) is 36.1 Å². The summed E-state index contributed by atoms with van der Waals surface area (Å²) in [6.45, 7) is 4.27. The van der Waals surface area contributed by atoms with Crippen molar-refractivity contribution in [1.82, 2.24) is 15.3 Å². The van der Waals surface area contributed by atoms with Crippen molar-refractivity contribution in [3.05, 3.63) is 47.1 Å². The van der Waals surface area contributed by atoms with E-state index >= 15 is 0 Å². The van der Waals surface area contributed by atoms with Gasteiger partial charge in [-0.1, -0.05) is 19.1 Å². The molecule has 4 rings (SSSR count). The average molecular weight is 411 g/mol. The first-order valence-corrected chi connectivity index (χ1v) is 10.9. The van der Waals surface area contributed by atoms with Gasteiger partial charge in [0.2, 0.25) is 5.91 Å². The minimum atomic E-state index is -0.0383. The summed E-state index contributed by atoms with van der Waals surface area (Å²) in [6.07, 6.45) is 4.52. The Morgan fingerprint density at radius 2 is 2.24 bits per heavy atom. The van der Waals surface area contributed by atoms with Gasteiger partial charge < -0.3 is 15.0 Å². The van der Waals surface area contributed by atoms with Crippen LogP contribution in [0.25, 0.3) is 10.2 Å². The van der Waals surface area contributed by atoms with E-state index in [0.29, 0.717) is 13.1 Å². The molecule has 1 N–H and O–H groups in total. The van der Waals surface area contributed by atoms with Crippen LogP contribution in [0.3, 0.4) is 0 Å². The zero-order valence-corrected chi connectivity index (χ0v) is 17.7. The summed E-state index contributed by atoms with van der Waals surface area (Å²) in [5.74, 6) is 1.82. The average Bonchev–Trinajstić information content (AvgIpc) is 3.21. The molecule has 3 heterocycles. The van der Waals surface area contributed by atoms with Gasteiger partial charge in [0.25, 0.3) is 0 Å². The van der Waals surface area contributed by atoms with Crippen LogP contribution in [0.2, 0.25) is 0 Å². The van der Waals surface area contributed by atoms with Gasteiger partial charge >= 0.3 is 0 Å². The Labute approximate surface area is 174 Å². The largest absolute Gasteiger partial charge is 0.497 e. The summed E-state index contributed by atoms with van der Waals surface area (Å²) in [7, 11) is 1.65. The van der Waals surface area contributed by atoms with Gasteiger partial charge in [-0.3, -0.25) is 4.79 Å². The van der Waals surface area contributed by atoms with Crippen molar-refractivity contribution in [2.45, 2.75) is 32.7 Å². The van der Waals surface area contributed by atoms with Gasteiger partial charge in [-0.15, -0.1) is 11.3 Å². The Hall–Kier alpha value is -2.67. The van der Waals surface area contributed by atoms with E-state index in [1.54, 1.807) is 24.8 Å². The maximum Gasteiger partial charge on any atom is 0.225 e. The lowest BCUT2D eigenvalue weighted by atomic mass is 9.97. The molecule has 1 amide bonds. The van der Waals surface area contributed by atoms with Crippen LogP contribution < -0.4 is 15.0 Å². The molecule has 0 spiro atoms. The Kier molecular flexibility index (Phi) is 5.94. The Bertz CT molecular complexity index is 1000. The van der Waals surface area contributed by atoms with Crippen LogP contribution in [0.15, 0.2) is 36.7 Å². The second-order valence-corrected chi connectivity index (χ2v) is 8.45. The summed E-state index contributed by atoms with van der Waals surface area (Å²) in [5.41, 5.74) is 1.04. The molecule has 0 bridgehead atoms. The smallest absolute Gasteiger partial charge is 0.225 e. The topological polar surface area (TPSA) is 67.4 Å². The van der Waals surface area contributed by atoms with Crippen LogP contribution in [-0.2, 0) is 17.8 Å². The summed E-state index contributed by atoms with van der Waals surface area (Å²) < 4.78 is 5.26. The zero-order chi connectivity index (χ0) is 20.2. The second-order valence-electron chi connectivity index (χ2n) is 7.34. The summed E-state index contributed by atoms with van der Waals surface area (Å²) in [4.78, 5) is 26.4. The van der Waals surface area contributed by atoms with Crippen molar-refractivity contribution in [3.8, 4) is 5.75 Å². The third-order valence-corrected chi connectivity index (χ3v) is 6.59. The lowest BCUT2D eigenvalue weighted by Gasteiger charge is -2.33. The number of benzene rings is 1. The predicted molar refractivity (Wildman–Crippen MR) is 117 cm³/mol. The highest BCUT2D eigenvalue weighted by Gasteiger charge is 2.27. The number of amides is 1. The lowest BCUT2D eigenvalue weighted by Crippen LogP contribution is -2.43. The van der Waals surface area contributed by atoms with E-state index in [1.165, 1.54) is 4.88 Å². The third kappa shape index (κ3) is 4.34. The molecular formula is C22H26N4O2S. The Balaban J connectivity index is 1.44. The van der Waals surface area contributed by atoms with Crippen molar-refractivity contribution in [2.24, 2.45) is 5.92 Å². The maximum absolute atomic E-state index is 12.8. The fourth-order valence-corrected chi connectivity index (χ4v) is 4.75. The SMILES string of the molecule is CCc1cc2c(N3CCCC(C(=O)NCc4cccc(OC)c4)C3)ncnc2s1. The number of thiophene rings is 1. The molecule has 29 heavy (non-hydrogen) atoms. The summed E-state index contributed by atoms with van der Waals surface area (Å²) >= 11 is 1.72.